The molecular weight excluding hydrogens is 400 g/mol. The van der Waals surface area contributed by atoms with Gasteiger partial charge in [-0.2, -0.15) is 0 Å². The molecule has 1 unspecified atom stereocenters. The van der Waals surface area contributed by atoms with Gasteiger partial charge < -0.3 is 14.6 Å². The van der Waals surface area contributed by atoms with Crippen LogP contribution in [0.4, 0.5) is 0 Å². The fraction of sp³-hybridized carbons (Fsp3) is 0.333. The maximum Gasteiger partial charge on any atom is 0.123 e. The van der Waals surface area contributed by atoms with Crippen molar-refractivity contribution in [3.05, 3.63) is 96.1 Å². The van der Waals surface area contributed by atoms with Crippen LogP contribution in [0, 0.1) is 0 Å². The largest absolute Gasteiger partial charge is 0.491 e. The molecule has 1 atom stereocenters. The first-order valence-electron chi connectivity index (χ1n) is 11.3. The van der Waals surface area contributed by atoms with Gasteiger partial charge in [0.05, 0.1) is 0 Å². The Hall–Kier alpha value is -2.86. The third kappa shape index (κ3) is 7.09. The molecule has 1 saturated heterocycles. The topological polar surface area (TPSA) is 45.2 Å². The number of hydrogen-bond donors (Lipinski definition) is 1. The smallest absolute Gasteiger partial charge is 0.123 e. The zero-order valence-corrected chi connectivity index (χ0v) is 18.5. The Labute approximate surface area is 190 Å². The number of aliphatic hydroxyl groups excluding tert-OH is 1. The van der Waals surface area contributed by atoms with Crippen LogP contribution in [0.25, 0.3) is 0 Å². The molecule has 0 amide bonds. The van der Waals surface area contributed by atoms with E-state index in [0.717, 1.165) is 44.0 Å². The van der Waals surface area contributed by atoms with Gasteiger partial charge in [0.15, 0.2) is 0 Å². The molecular formula is C27H32N2O3. The van der Waals surface area contributed by atoms with Gasteiger partial charge in [-0.15, -0.1) is 0 Å². The van der Waals surface area contributed by atoms with Gasteiger partial charge in [-0.25, -0.2) is 0 Å². The van der Waals surface area contributed by atoms with Gasteiger partial charge in [0.25, 0.3) is 0 Å². The minimum Gasteiger partial charge on any atom is -0.491 e. The van der Waals surface area contributed by atoms with Gasteiger partial charge >= 0.3 is 0 Å². The van der Waals surface area contributed by atoms with E-state index < -0.39 is 6.10 Å². The highest BCUT2D eigenvalue weighted by atomic mass is 16.5. The zero-order chi connectivity index (χ0) is 22.0. The highest BCUT2D eigenvalue weighted by molar-refractivity contribution is 5.33. The van der Waals surface area contributed by atoms with Crippen LogP contribution in [0.5, 0.6) is 11.5 Å². The van der Waals surface area contributed by atoms with E-state index in [-0.39, 0.29) is 6.61 Å². The van der Waals surface area contributed by atoms with E-state index in [1.54, 1.807) is 0 Å². The van der Waals surface area contributed by atoms with E-state index in [0.29, 0.717) is 18.9 Å². The predicted octanol–water partition coefficient (Wildman–Crippen LogP) is 3.82. The Morgan fingerprint density at radius 3 is 1.97 bits per heavy atom. The van der Waals surface area contributed by atoms with E-state index in [1.807, 2.05) is 54.6 Å². The first kappa shape index (κ1) is 22.3. The summed E-state index contributed by atoms with van der Waals surface area (Å²) in [6.45, 7) is 6.37. The Morgan fingerprint density at radius 1 is 0.688 bits per heavy atom. The van der Waals surface area contributed by atoms with Gasteiger partial charge in [-0.05, 0) is 23.3 Å². The molecule has 1 N–H and O–H groups in total. The molecule has 0 bridgehead atoms. The molecule has 32 heavy (non-hydrogen) atoms. The molecule has 4 rings (SSSR count). The second kappa shape index (κ2) is 11.7. The molecule has 0 saturated carbocycles. The Bertz CT molecular complexity index is 928. The monoisotopic (exact) mass is 432 g/mol. The van der Waals surface area contributed by atoms with E-state index in [1.165, 1.54) is 5.56 Å². The van der Waals surface area contributed by atoms with Crippen LogP contribution in [-0.2, 0) is 13.2 Å². The number of rotatable bonds is 10. The fourth-order valence-electron chi connectivity index (χ4n) is 3.91. The summed E-state index contributed by atoms with van der Waals surface area (Å²) in [7, 11) is 0. The van der Waals surface area contributed by atoms with Crippen molar-refractivity contribution in [2.45, 2.75) is 19.3 Å². The summed E-state index contributed by atoms with van der Waals surface area (Å²) in [5.74, 6) is 1.47. The molecule has 1 fully saturated rings. The first-order chi connectivity index (χ1) is 15.7. The van der Waals surface area contributed by atoms with E-state index in [9.17, 15) is 5.11 Å². The maximum atomic E-state index is 10.5. The van der Waals surface area contributed by atoms with Crippen molar-refractivity contribution in [2.24, 2.45) is 0 Å². The normalized spacial score (nSPS) is 15.9. The van der Waals surface area contributed by atoms with Crippen LogP contribution in [0.3, 0.4) is 0 Å². The highest BCUT2D eigenvalue weighted by Gasteiger charge is 2.19. The number of β-amino-alcohol motifs (C(OH)–C–C–N with tert-alkyl or cyclic N) is 1. The van der Waals surface area contributed by atoms with Crippen LogP contribution in [-0.4, -0.2) is 60.3 Å². The van der Waals surface area contributed by atoms with E-state index in [4.69, 9.17) is 9.47 Å². The molecule has 3 aromatic carbocycles. The molecule has 1 aliphatic rings. The van der Waals surface area contributed by atoms with E-state index in [2.05, 4.69) is 40.1 Å². The van der Waals surface area contributed by atoms with Crippen molar-refractivity contribution >= 4 is 0 Å². The van der Waals surface area contributed by atoms with Gasteiger partial charge in [-0.1, -0.05) is 66.7 Å². The second-order valence-electron chi connectivity index (χ2n) is 8.28. The lowest BCUT2D eigenvalue weighted by atomic mass is 10.2. The summed E-state index contributed by atoms with van der Waals surface area (Å²) in [5.41, 5.74) is 2.47. The summed E-state index contributed by atoms with van der Waals surface area (Å²) >= 11 is 0. The fourth-order valence-corrected chi connectivity index (χ4v) is 3.91. The third-order valence-electron chi connectivity index (χ3n) is 5.68. The molecule has 168 valence electrons. The van der Waals surface area contributed by atoms with Crippen molar-refractivity contribution in [2.75, 3.05) is 39.3 Å². The standard InChI is InChI=1S/C27H32N2O3/c30-25(20-29-16-14-28(15-17-29)19-23-8-3-1-4-9-23)22-32-27-13-7-12-26(18-27)31-21-24-10-5-2-6-11-24/h1-13,18,25,30H,14-17,19-22H2. The minimum absolute atomic E-state index is 0.270. The molecule has 0 aliphatic carbocycles. The molecule has 0 aromatic heterocycles. The minimum atomic E-state index is -0.524. The second-order valence-corrected chi connectivity index (χ2v) is 8.28. The summed E-state index contributed by atoms with van der Waals surface area (Å²) in [5, 5.41) is 10.5. The van der Waals surface area contributed by atoms with Crippen LogP contribution >= 0.6 is 0 Å². The van der Waals surface area contributed by atoms with Gasteiger partial charge in [-0.3, -0.25) is 9.80 Å². The zero-order valence-electron chi connectivity index (χ0n) is 18.5. The number of aliphatic hydroxyl groups is 1. The number of ether oxygens (including phenoxy) is 2. The van der Waals surface area contributed by atoms with E-state index >= 15 is 0 Å². The van der Waals surface area contributed by atoms with Crippen molar-refractivity contribution < 1.29 is 14.6 Å². The summed E-state index contributed by atoms with van der Waals surface area (Å²) in [4.78, 5) is 4.78. The molecule has 1 heterocycles. The lowest BCUT2D eigenvalue weighted by molar-refractivity contribution is 0.0445. The molecule has 5 heteroatoms. The molecule has 5 nitrogen and oxygen atoms in total. The third-order valence-corrected chi connectivity index (χ3v) is 5.68. The molecule has 0 spiro atoms. The number of benzene rings is 3. The average Bonchev–Trinajstić information content (AvgIpc) is 2.84. The van der Waals surface area contributed by atoms with Gasteiger partial charge in [0.2, 0.25) is 0 Å². The van der Waals surface area contributed by atoms with Crippen LogP contribution in [0.2, 0.25) is 0 Å². The van der Waals surface area contributed by atoms with Gasteiger partial charge in [0.1, 0.15) is 30.8 Å². The summed E-state index contributed by atoms with van der Waals surface area (Å²) in [6, 6.07) is 28.3. The van der Waals surface area contributed by atoms with Crippen LogP contribution in [0.15, 0.2) is 84.9 Å². The summed E-state index contributed by atoms with van der Waals surface area (Å²) < 4.78 is 11.7. The maximum absolute atomic E-state index is 10.5. The Morgan fingerprint density at radius 2 is 1.28 bits per heavy atom. The number of hydrogen-bond acceptors (Lipinski definition) is 5. The molecule has 1 aliphatic heterocycles. The van der Waals surface area contributed by atoms with Crippen molar-refractivity contribution in [1.82, 2.24) is 9.80 Å². The molecule has 3 aromatic rings. The Balaban J connectivity index is 1.16. The molecule has 0 radical (unpaired) electrons. The summed E-state index contributed by atoms with van der Waals surface area (Å²) in [6.07, 6.45) is -0.524. The van der Waals surface area contributed by atoms with Crippen molar-refractivity contribution in [3.8, 4) is 11.5 Å². The van der Waals surface area contributed by atoms with Crippen LogP contribution < -0.4 is 9.47 Å². The highest BCUT2D eigenvalue weighted by Crippen LogP contribution is 2.21. The van der Waals surface area contributed by atoms with Crippen molar-refractivity contribution in [3.63, 3.8) is 0 Å². The lowest BCUT2D eigenvalue weighted by Crippen LogP contribution is -2.48. The number of piperazine rings is 1. The average molecular weight is 433 g/mol. The predicted molar refractivity (Wildman–Crippen MR) is 127 cm³/mol. The lowest BCUT2D eigenvalue weighted by Gasteiger charge is -2.35. The Kier molecular flexibility index (Phi) is 8.15. The number of nitrogens with zero attached hydrogens (tertiary/aromatic N) is 2. The SMILES string of the molecule is OC(COc1cccc(OCc2ccccc2)c1)CN1CCN(Cc2ccccc2)CC1. The van der Waals surface area contributed by atoms with Crippen LogP contribution in [0.1, 0.15) is 11.1 Å². The van der Waals surface area contributed by atoms with Gasteiger partial charge in [0, 0.05) is 45.3 Å². The quantitative estimate of drug-likeness (QED) is 0.528. The first-order valence-corrected chi connectivity index (χ1v) is 11.3. The van der Waals surface area contributed by atoms with Crippen molar-refractivity contribution in [1.29, 1.82) is 0 Å².